The van der Waals surface area contributed by atoms with Crippen LogP contribution in [0.2, 0.25) is 0 Å². The Morgan fingerprint density at radius 3 is 2.72 bits per heavy atom. The van der Waals surface area contributed by atoms with Crippen LogP contribution < -0.4 is 10.1 Å². The van der Waals surface area contributed by atoms with Crippen LogP contribution in [0.5, 0.6) is 5.75 Å². The van der Waals surface area contributed by atoms with Crippen molar-refractivity contribution in [1.29, 1.82) is 0 Å². The lowest BCUT2D eigenvalue weighted by Gasteiger charge is -2.24. The molecule has 1 fully saturated rings. The Morgan fingerprint density at radius 1 is 1.39 bits per heavy atom. The first-order chi connectivity index (χ1) is 8.69. The zero-order valence-electron chi connectivity index (χ0n) is 11.1. The molecule has 1 aromatic rings. The summed E-state index contributed by atoms with van der Waals surface area (Å²) in [6, 6.07) is 6.60. The van der Waals surface area contributed by atoms with Gasteiger partial charge in [0.1, 0.15) is 5.75 Å². The van der Waals surface area contributed by atoms with Crippen LogP contribution in [0.15, 0.2) is 18.2 Å². The van der Waals surface area contributed by atoms with Crippen LogP contribution in [0.1, 0.15) is 25.3 Å². The minimum atomic E-state index is -0.591. The highest BCUT2D eigenvalue weighted by molar-refractivity contribution is 7.85. The summed E-state index contributed by atoms with van der Waals surface area (Å²) in [6.07, 6.45) is 2.00. The Kier molecular flexibility index (Phi) is 4.64. The molecule has 0 aromatic heterocycles. The van der Waals surface area contributed by atoms with Crippen LogP contribution in [0.3, 0.4) is 0 Å². The molecular formula is C14H21NO2S. The van der Waals surface area contributed by atoms with E-state index in [1.807, 2.05) is 13.0 Å². The molecule has 1 aliphatic rings. The fourth-order valence-corrected chi connectivity index (χ4v) is 3.51. The van der Waals surface area contributed by atoms with E-state index in [2.05, 4.69) is 24.4 Å². The van der Waals surface area contributed by atoms with E-state index in [0.717, 1.165) is 35.8 Å². The Balaban J connectivity index is 1.98. The van der Waals surface area contributed by atoms with Gasteiger partial charge in [-0.25, -0.2) is 0 Å². The maximum absolute atomic E-state index is 11.3. The average molecular weight is 267 g/mol. The number of hydrogen-bond donors (Lipinski definition) is 1. The highest BCUT2D eigenvalue weighted by Gasteiger charge is 2.17. The lowest BCUT2D eigenvalue weighted by atomic mass is 10.1. The standard InChI is InChI=1S/C14H21NO2S/c1-3-17-13-4-5-14(11(2)10-13)15-12-6-8-18(16)9-7-12/h4-5,10,12,15H,3,6-9H2,1-2H3. The van der Waals surface area contributed by atoms with Gasteiger partial charge in [-0.1, -0.05) is 0 Å². The lowest BCUT2D eigenvalue weighted by molar-refractivity contribution is 0.340. The van der Waals surface area contributed by atoms with Gasteiger partial charge in [-0.05, 0) is 50.5 Å². The molecule has 0 spiro atoms. The fraction of sp³-hybridized carbons (Fsp3) is 0.571. The van der Waals surface area contributed by atoms with Crippen LogP contribution in [0.25, 0.3) is 0 Å². The second-order valence-corrected chi connectivity index (χ2v) is 6.37. The van der Waals surface area contributed by atoms with E-state index in [9.17, 15) is 4.21 Å². The Hall–Kier alpha value is -1.03. The smallest absolute Gasteiger partial charge is 0.119 e. The van der Waals surface area contributed by atoms with E-state index in [0.29, 0.717) is 12.6 Å². The highest BCUT2D eigenvalue weighted by Crippen LogP contribution is 2.24. The minimum Gasteiger partial charge on any atom is -0.494 e. The molecule has 0 amide bonds. The van der Waals surface area contributed by atoms with Gasteiger partial charge < -0.3 is 10.1 Å². The summed E-state index contributed by atoms with van der Waals surface area (Å²) < 4.78 is 16.8. The van der Waals surface area contributed by atoms with Gasteiger partial charge in [0.05, 0.1) is 6.61 Å². The number of hydrogen-bond acceptors (Lipinski definition) is 3. The van der Waals surface area contributed by atoms with Crippen LogP contribution in [-0.2, 0) is 10.8 Å². The molecule has 1 N–H and O–H groups in total. The van der Waals surface area contributed by atoms with Crippen molar-refractivity contribution in [3.8, 4) is 5.75 Å². The van der Waals surface area contributed by atoms with Crippen molar-refractivity contribution < 1.29 is 8.95 Å². The zero-order valence-corrected chi connectivity index (χ0v) is 11.9. The van der Waals surface area contributed by atoms with Crippen molar-refractivity contribution in [1.82, 2.24) is 0 Å². The number of anilines is 1. The largest absolute Gasteiger partial charge is 0.494 e. The summed E-state index contributed by atoms with van der Waals surface area (Å²) in [5.74, 6) is 2.58. The van der Waals surface area contributed by atoms with Gasteiger partial charge in [0.15, 0.2) is 0 Å². The van der Waals surface area contributed by atoms with Gasteiger partial charge in [0, 0.05) is 34.0 Å². The Bertz CT molecular complexity index is 424. The van der Waals surface area contributed by atoms with Gasteiger partial charge >= 0.3 is 0 Å². The molecule has 4 heteroatoms. The number of nitrogens with one attached hydrogen (secondary N) is 1. The maximum atomic E-state index is 11.3. The quantitative estimate of drug-likeness (QED) is 0.911. The highest BCUT2D eigenvalue weighted by atomic mass is 32.2. The second-order valence-electron chi connectivity index (χ2n) is 4.68. The zero-order chi connectivity index (χ0) is 13.0. The van der Waals surface area contributed by atoms with Crippen LogP contribution in [0, 0.1) is 6.92 Å². The molecule has 1 heterocycles. The average Bonchev–Trinajstić information content (AvgIpc) is 2.36. The summed E-state index contributed by atoms with van der Waals surface area (Å²) >= 11 is 0. The topological polar surface area (TPSA) is 38.3 Å². The minimum absolute atomic E-state index is 0.458. The second kappa shape index (κ2) is 6.23. The lowest BCUT2D eigenvalue weighted by Crippen LogP contribution is -2.29. The third kappa shape index (κ3) is 3.48. The van der Waals surface area contributed by atoms with Crippen molar-refractivity contribution in [2.24, 2.45) is 0 Å². The van der Waals surface area contributed by atoms with Gasteiger partial charge in [-0.3, -0.25) is 4.21 Å². The van der Waals surface area contributed by atoms with Crippen LogP contribution in [-0.4, -0.2) is 28.4 Å². The van der Waals surface area contributed by atoms with Gasteiger partial charge in [0.25, 0.3) is 0 Å². The number of rotatable bonds is 4. The first kappa shape index (κ1) is 13.4. The normalized spacial score (nSPS) is 23.7. The summed E-state index contributed by atoms with van der Waals surface area (Å²) in [5, 5.41) is 3.55. The fourth-order valence-electron chi connectivity index (χ4n) is 2.21. The molecule has 0 atom stereocenters. The third-order valence-corrected chi connectivity index (χ3v) is 4.64. The predicted octanol–water partition coefficient (Wildman–Crippen LogP) is 2.72. The molecule has 0 radical (unpaired) electrons. The molecule has 3 nitrogen and oxygen atoms in total. The monoisotopic (exact) mass is 267 g/mol. The van der Waals surface area contributed by atoms with E-state index in [1.54, 1.807) is 0 Å². The van der Waals surface area contributed by atoms with Gasteiger partial charge in [-0.2, -0.15) is 0 Å². The first-order valence-electron chi connectivity index (χ1n) is 6.54. The van der Waals surface area contributed by atoms with E-state index >= 15 is 0 Å². The predicted molar refractivity (Wildman–Crippen MR) is 76.9 cm³/mol. The van der Waals surface area contributed by atoms with Crippen molar-refractivity contribution in [2.75, 3.05) is 23.4 Å². The molecule has 1 aliphatic heterocycles. The summed E-state index contributed by atoms with van der Waals surface area (Å²) in [6.45, 7) is 4.77. The molecule has 0 aliphatic carbocycles. The van der Waals surface area contributed by atoms with Gasteiger partial charge in [-0.15, -0.1) is 0 Å². The molecule has 0 bridgehead atoms. The SMILES string of the molecule is CCOc1ccc(NC2CCS(=O)CC2)c(C)c1. The molecular weight excluding hydrogens is 246 g/mol. The molecule has 100 valence electrons. The van der Waals surface area contributed by atoms with Crippen LogP contribution in [0.4, 0.5) is 5.69 Å². The summed E-state index contributed by atoms with van der Waals surface area (Å²) in [7, 11) is -0.591. The maximum Gasteiger partial charge on any atom is 0.119 e. The number of benzene rings is 1. The summed E-state index contributed by atoms with van der Waals surface area (Å²) in [4.78, 5) is 0. The molecule has 0 unspecified atom stereocenters. The Morgan fingerprint density at radius 2 is 2.11 bits per heavy atom. The number of aryl methyl sites for hydroxylation is 1. The van der Waals surface area contributed by atoms with E-state index in [4.69, 9.17) is 4.74 Å². The third-order valence-electron chi connectivity index (χ3n) is 3.26. The van der Waals surface area contributed by atoms with E-state index in [-0.39, 0.29) is 0 Å². The summed E-state index contributed by atoms with van der Waals surface area (Å²) in [5.41, 5.74) is 2.36. The van der Waals surface area contributed by atoms with Crippen LogP contribution >= 0.6 is 0 Å². The molecule has 1 aromatic carbocycles. The van der Waals surface area contributed by atoms with Crippen molar-refractivity contribution in [3.63, 3.8) is 0 Å². The van der Waals surface area contributed by atoms with E-state index < -0.39 is 10.8 Å². The van der Waals surface area contributed by atoms with Crippen molar-refractivity contribution in [3.05, 3.63) is 23.8 Å². The van der Waals surface area contributed by atoms with Crippen molar-refractivity contribution in [2.45, 2.75) is 32.7 Å². The van der Waals surface area contributed by atoms with Gasteiger partial charge in [0.2, 0.25) is 0 Å². The molecule has 2 rings (SSSR count). The first-order valence-corrected chi connectivity index (χ1v) is 8.03. The molecule has 18 heavy (non-hydrogen) atoms. The van der Waals surface area contributed by atoms with Crippen molar-refractivity contribution >= 4 is 16.5 Å². The number of ether oxygens (including phenoxy) is 1. The molecule has 1 saturated heterocycles. The Labute approximate surface area is 111 Å². The molecule has 0 saturated carbocycles. The van der Waals surface area contributed by atoms with E-state index in [1.165, 1.54) is 5.56 Å².